The molecule has 0 unspecified atom stereocenters. The van der Waals surface area contributed by atoms with Crippen LogP contribution in [0.15, 0.2) is 30.6 Å². The van der Waals surface area contributed by atoms with Crippen molar-refractivity contribution >= 4 is 5.91 Å². The second kappa shape index (κ2) is 7.16. The average molecular weight is 382 g/mol. The Bertz CT molecular complexity index is 833. The first kappa shape index (κ1) is 17.6. The van der Waals surface area contributed by atoms with Gasteiger partial charge in [-0.2, -0.15) is 0 Å². The van der Waals surface area contributed by atoms with Gasteiger partial charge in [-0.3, -0.25) is 9.69 Å². The van der Waals surface area contributed by atoms with Crippen molar-refractivity contribution in [1.82, 2.24) is 30.0 Å². The Morgan fingerprint density at radius 2 is 2.04 bits per heavy atom. The van der Waals surface area contributed by atoms with E-state index in [9.17, 15) is 4.79 Å². The third-order valence-electron chi connectivity index (χ3n) is 6.80. The molecule has 5 heterocycles. The number of likely N-dealkylation sites (tertiary alicyclic amines) is 1. The van der Waals surface area contributed by atoms with Gasteiger partial charge in [-0.1, -0.05) is 18.2 Å². The average Bonchev–Trinajstić information content (AvgIpc) is 3.42. The van der Waals surface area contributed by atoms with E-state index in [-0.39, 0.29) is 5.91 Å². The van der Waals surface area contributed by atoms with Crippen molar-refractivity contribution in [2.75, 3.05) is 26.7 Å². The summed E-state index contributed by atoms with van der Waals surface area (Å²) in [7, 11) is 1.73. The minimum absolute atomic E-state index is 0.205. The zero-order valence-electron chi connectivity index (χ0n) is 16.1. The summed E-state index contributed by atoms with van der Waals surface area (Å²) in [6, 6.07) is 8.98. The molecule has 4 fully saturated rings. The molecule has 4 aliphatic heterocycles. The molecule has 2 bridgehead atoms. The Morgan fingerprint density at radius 3 is 2.79 bits per heavy atom. The van der Waals surface area contributed by atoms with E-state index in [1.165, 1.54) is 18.4 Å². The van der Waals surface area contributed by atoms with Crippen LogP contribution in [0.2, 0.25) is 0 Å². The molecule has 0 N–H and O–H groups in total. The van der Waals surface area contributed by atoms with Crippen LogP contribution in [0.5, 0.6) is 5.75 Å². The van der Waals surface area contributed by atoms with Crippen molar-refractivity contribution < 1.29 is 9.53 Å². The van der Waals surface area contributed by atoms with Gasteiger partial charge in [0.15, 0.2) is 0 Å². The van der Waals surface area contributed by atoms with Crippen LogP contribution < -0.4 is 4.74 Å². The molecule has 3 atom stereocenters. The SMILES string of the molecule is COc1ccccc1[C@@H]1CN(C(=O)CCn2cnnn2)[C@@H]2C3CCN(CC3)[C@@H]21. The lowest BCUT2D eigenvalue weighted by molar-refractivity contribution is -0.136. The summed E-state index contributed by atoms with van der Waals surface area (Å²) in [4.78, 5) is 18.0. The fraction of sp³-hybridized carbons (Fsp3) is 0.600. The summed E-state index contributed by atoms with van der Waals surface area (Å²) in [5.41, 5.74) is 1.23. The summed E-state index contributed by atoms with van der Waals surface area (Å²) in [5.74, 6) is 2.03. The zero-order valence-corrected chi connectivity index (χ0v) is 16.1. The monoisotopic (exact) mass is 382 g/mol. The third-order valence-corrected chi connectivity index (χ3v) is 6.80. The van der Waals surface area contributed by atoms with Gasteiger partial charge in [0, 0.05) is 30.5 Å². The second-order valence-corrected chi connectivity index (χ2v) is 8.07. The van der Waals surface area contributed by atoms with Gasteiger partial charge in [0.2, 0.25) is 5.91 Å². The largest absolute Gasteiger partial charge is 0.496 e. The number of tetrazole rings is 1. The number of ether oxygens (including phenoxy) is 1. The van der Waals surface area contributed by atoms with Gasteiger partial charge >= 0.3 is 0 Å². The molecule has 2 aromatic rings. The van der Waals surface area contributed by atoms with E-state index < -0.39 is 0 Å². The standard InChI is InChI=1S/C20H26N6O2/c1-28-17-5-3-2-4-15(17)16-12-26(18(27)8-11-25-13-21-22-23-25)19-14-6-9-24(10-7-14)20(16)19/h2-5,13-14,16,19-20H,6-12H2,1H3/t16-,19+,20+/m0/s1. The molecule has 0 spiro atoms. The van der Waals surface area contributed by atoms with Gasteiger partial charge in [-0.05, 0) is 48.3 Å². The highest BCUT2D eigenvalue weighted by atomic mass is 16.5. The maximum atomic E-state index is 13.2. The Balaban J connectivity index is 1.43. The smallest absolute Gasteiger partial charge is 0.224 e. The molecule has 1 amide bonds. The lowest BCUT2D eigenvalue weighted by atomic mass is 9.75. The van der Waals surface area contributed by atoms with E-state index in [4.69, 9.17) is 4.74 Å². The quantitative estimate of drug-likeness (QED) is 0.772. The number of benzene rings is 1. The minimum atomic E-state index is 0.205. The van der Waals surface area contributed by atoms with Crippen LogP contribution in [0.4, 0.5) is 0 Å². The summed E-state index contributed by atoms with van der Waals surface area (Å²) < 4.78 is 7.29. The first-order valence-corrected chi connectivity index (χ1v) is 10.1. The zero-order chi connectivity index (χ0) is 19.1. The lowest BCUT2D eigenvalue weighted by Crippen LogP contribution is -2.60. The van der Waals surface area contributed by atoms with Gasteiger partial charge < -0.3 is 9.64 Å². The molecule has 0 aliphatic carbocycles. The third kappa shape index (κ3) is 2.87. The van der Waals surface area contributed by atoms with Crippen LogP contribution in [0.3, 0.4) is 0 Å². The molecule has 6 rings (SSSR count). The van der Waals surface area contributed by atoms with Crippen LogP contribution in [-0.4, -0.2) is 74.7 Å². The van der Waals surface area contributed by atoms with Gasteiger partial charge in [0.25, 0.3) is 0 Å². The van der Waals surface area contributed by atoms with Crippen molar-refractivity contribution in [2.45, 2.75) is 43.8 Å². The van der Waals surface area contributed by atoms with Crippen molar-refractivity contribution in [3.8, 4) is 5.75 Å². The summed E-state index contributed by atoms with van der Waals surface area (Å²) in [6.07, 6.45) is 4.37. The first-order valence-electron chi connectivity index (χ1n) is 10.1. The number of fused-ring (bicyclic) bond motifs is 2. The van der Waals surface area contributed by atoms with Gasteiger partial charge in [-0.15, -0.1) is 5.10 Å². The maximum absolute atomic E-state index is 13.2. The first-order chi connectivity index (χ1) is 13.8. The minimum Gasteiger partial charge on any atom is -0.496 e. The molecular formula is C20H26N6O2. The number of methoxy groups -OCH3 is 1. The number of para-hydroxylation sites is 1. The molecule has 8 nitrogen and oxygen atoms in total. The number of hydrogen-bond donors (Lipinski definition) is 0. The van der Waals surface area contributed by atoms with Crippen molar-refractivity contribution in [1.29, 1.82) is 0 Å². The number of carbonyl (C=O) groups excluding carboxylic acids is 1. The van der Waals surface area contributed by atoms with Gasteiger partial charge in [0.05, 0.1) is 19.7 Å². The molecule has 148 valence electrons. The van der Waals surface area contributed by atoms with Crippen LogP contribution in [0.1, 0.15) is 30.7 Å². The van der Waals surface area contributed by atoms with Crippen LogP contribution in [0, 0.1) is 5.92 Å². The highest BCUT2D eigenvalue weighted by Gasteiger charge is 2.54. The number of carbonyl (C=O) groups is 1. The Morgan fingerprint density at radius 1 is 1.21 bits per heavy atom. The fourth-order valence-electron chi connectivity index (χ4n) is 5.59. The number of piperidine rings is 3. The van der Waals surface area contributed by atoms with Crippen molar-refractivity contribution in [3.63, 3.8) is 0 Å². The predicted molar refractivity (Wildman–Crippen MR) is 102 cm³/mol. The molecule has 0 saturated carbocycles. The normalized spacial score (nSPS) is 31.0. The molecule has 4 saturated heterocycles. The van der Waals surface area contributed by atoms with Crippen LogP contribution >= 0.6 is 0 Å². The highest BCUT2D eigenvalue weighted by molar-refractivity contribution is 5.77. The summed E-state index contributed by atoms with van der Waals surface area (Å²) in [5, 5.41) is 11.2. The maximum Gasteiger partial charge on any atom is 0.224 e. The number of amides is 1. The molecular weight excluding hydrogens is 356 g/mol. The van der Waals surface area contributed by atoms with Crippen molar-refractivity contribution in [3.05, 3.63) is 36.2 Å². The van der Waals surface area contributed by atoms with Crippen LogP contribution in [-0.2, 0) is 11.3 Å². The highest BCUT2D eigenvalue weighted by Crippen LogP contribution is 2.48. The molecule has 4 aliphatic rings. The summed E-state index contributed by atoms with van der Waals surface area (Å²) >= 11 is 0. The fourth-order valence-corrected chi connectivity index (χ4v) is 5.59. The number of aromatic nitrogens is 4. The number of hydrogen-bond acceptors (Lipinski definition) is 6. The van der Waals surface area contributed by atoms with E-state index in [0.29, 0.717) is 36.9 Å². The molecule has 8 heteroatoms. The number of nitrogens with zero attached hydrogens (tertiary/aromatic N) is 6. The topological polar surface area (TPSA) is 76.4 Å². The van der Waals surface area contributed by atoms with Gasteiger partial charge in [0.1, 0.15) is 12.1 Å². The Kier molecular flexibility index (Phi) is 4.50. The van der Waals surface area contributed by atoms with Gasteiger partial charge in [-0.25, -0.2) is 4.68 Å². The molecule has 0 radical (unpaired) electrons. The lowest BCUT2D eigenvalue weighted by Gasteiger charge is -2.51. The van der Waals surface area contributed by atoms with E-state index in [1.54, 1.807) is 18.1 Å². The van der Waals surface area contributed by atoms with E-state index in [0.717, 1.165) is 25.4 Å². The van der Waals surface area contributed by atoms with E-state index >= 15 is 0 Å². The van der Waals surface area contributed by atoms with E-state index in [2.05, 4.69) is 37.5 Å². The Hall–Kier alpha value is -2.48. The summed E-state index contributed by atoms with van der Waals surface area (Å²) in [6.45, 7) is 3.57. The predicted octanol–water partition coefficient (Wildman–Crippen LogP) is 1.16. The van der Waals surface area contributed by atoms with Crippen molar-refractivity contribution in [2.24, 2.45) is 5.92 Å². The number of aryl methyl sites for hydroxylation is 1. The van der Waals surface area contributed by atoms with Crippen LogP contribution in [0.25, 0.3) is 0 Å². The number of rotatable bonds is 5. The molecule has 28 heavy (non-hydrogen) atoms. The van der Waals surface area contributed by atoms with E-state index in [1.807, 2.05) is 12.1 Å². The second-order valence-electron chi connectivity index (χ2n) is 8.07. The molecule has 1 aromatic heterocycles. The Labute approximate surface area is 164 Å². The molecule has 1 aromatic carbocycles.